The van der Waals surface area contributed by atoms with Crippen molar-refractivity contribution < 1.29 is 14.7 Å². The summed E-state index contributed by atoms with van der Waals surface area (Å²) in [5, 5.41) is 15.2. The van der Waals surface area contributed by atoms with Gasteiger partial charge in [-0.05, 0) is 25.1 Å². The van der Waals surface area contributed by atoms with Gasteiger partial charge in [-0.25, -0.2) is 0 Å². The van der Waals surface area contributed by atoms with E-state index in [0.717, 1.165) is 4.47 Å². The molecule has 0 saturated heterocycles. The van der Waals surface area contributed by atoms with Crippen LogP contribution in [0.3, 0.4) is 0 Å². The Morgan fingerprint density at radius 2 is 1.95 bits per heavy atom. The smallest absolute Gasteiger partial charge is 0.165 e. The van der Waals surface area contributed by atoms with Gasteiger partial charge >= 0.3 is 0 Å². The molecule has 0 radical (unpaired) electrons. The maximum absolute atomic E-state index is 12.1. The first-order valence-corrected chi connectivity index (χ1v) is 6.78. The summed E-state index contributed by atoms with van der Waals surface area (Å²) in [6.45, 7) is 1.75. The first-order valence-electron chi connectivity index (χ1n) is 5.99. The van der Waals surface area contributed by atoms with Crippen molar-refractivity contribution in [2.24, 2.45) is 0 Å². The topological polar surface area (TPSA) is 75.0 Å². The lowest BCUT2D eigenvalue weighted by atomic mass is 10.0. The van der Waals surface area contributed by atoms with Crippen LogP contribution in [0.15, 0.2) is 41.0 Å². The van der Waals surface area contributed by atoms with E-state index in [1.165, 1.54) is 10.9 Å². The van der Waals surface area contributed by atoms with Crippen LogP contribution in [0.5, 0.6) is 0 Å². The van der Waals surface area contributed by atoms with E-state index in [0.29, 0.717) is 11.3 Å². The fourth-order valence-electron chi connectivity index (χ4n) is 1.82. The number of ketones is 1. The van der Waals surface area contributed by atoms with Crippen molar-refractivity contribution in [3.63, 3.8) is 0 Å². The van der Waals surface area contributed by atoms with Crippen molar-refractivity contribution in [1.82, 2.24) is 9.78 Å². The molecule has 2 aromatic rings. The molecule has 0 unspecified atom stereocenters. The van der Waals surface area contributed by atoms with Crippen LogP contribution in [0.25, 0.3) is 0 Å². The molecule has 104 valence electrons. The summed E-state index contributed by atoms with van der Waals surface area (Å²) >= 11 is 3.28. The summed E-state index contributed by atoms with van der Waals surface area (Å²) < 4.78 is 2.11. The summed E-state index contributed by atoms with van der Waals surface area (Å²) in [6.07, 6.45) is 1.34. The zero-order valence-corrected chi connectivity index (χ0v) is 12.3. The monoisotopic (exact) mass is 335 g/mol. The molecule has 1 aromatic carbocycles. The molecular weight excluding hydrogens is 324 g/mol. The molecule has 1 heterocycles. The third-order valence-electron chi connectivity index (χ3n) is 2.88. The molecule has 0 N–H and O–H groups in total. The van der Waals surface area contributed by atoms with Crippen LogP contribution in [0.1, 0.15) is 28.5 Å². The average molecular weight is 336 g/mol. The Hall–Kier alpha value is -1.95. The number of benzene rings is 1. The lowest BCUT2D eigenvalue weighted by Gasteiger charge is -2.18. The number of halogens is 1. The number of rotatable bonds is 5. The fourth-order valence-corrected chi connectivity index (χ4v) is 2.09. The van der Waals surface area contributed by atoms with Crippen LogP contribution in [-0.2, 0) is 4.79 Å². The molecule has 6 heteroatoms. The summed E-state index contributed by atoms with van der Waals surface area (Å²) in [4.78, 5) is 23.3. The maximum Gasteiger partial charge on any atom is 0.165 e. The quantitative estimate of drug-likeness (QED) is 0.776. The number of hydrogen-bond acceptors (Lipinski definition) is 4. The number of carbonyl (C=O) groups excluding carboxylic acids is 2. The fraction of sp³-hybridized carbons (Fsp3) is 0.214. The zero-order chi connectivity index (χ0) is 14.7. The molecule has 0 aliphatic carbocycles. The van der Waals surface area contributed by atoms with Gasteiger partial charge in [0.25, 0.3) is 0 Å². The predicted octanol–water partition coefficient (Wildman–Crippen LogP) is 1.52. The molecule has 0 spiro atoms. The highest BCUT2D eigenvalue weighted by Crippen LogP contribution is 2.17. The van der Waals surface area contributed by atoms with E-state index in [-0.39, 0.29) is 12.2 Å². The van der Waals surface area contributed by atoms with E-state index in [1.54, 1.807) is 37.3 Å². The number of aryl methyl sites for hydroxylation is 1. The molecule has 0 saturated carbocycles. The highest BCUT2D eigenvalue weighted by atomic mass is 79.9. The van der Waals surface area contributed by atoms with E-state index in [1.807, 2.05) is 0 Å². The van der Waals surface area contributed by atoms with E-state index in [2.05, 4.69) is 21.0 Å². The number of carboxylic acid groups (broad SMARTS) is 1. The first-order chi connectivity index (χ1) is 9.47. The second-order valence-electron chi connectivity index (χ2n) is 4.41. The summed E-state index contributed by atoms with van der Waals surface area (Å²) in [6, 6.07) is 7.35. The molecule has 0 amide bonds. The Labute approximate surface area is 124 Å². The Bertz CT molecular complexity index is 634. The normalized spacial score (nSPS) is 12.1. The van der Waals surface area contributed by atoms with Crippen LogP contribution >= 0.6 is 15.9 Å². The number of hydrogen-bond donors (Lipinski definition) is 0. The van der Waals surface area contributed by atoms with Crippen LogP contribution in [-0.4, -0.2) is 21.5 Å². The SMILES string of the molecule is Cc1ccn([C@H](CC(=O)c2ccc(Br)cc2)C(=O)[O-])n1. The van der Waals surface area contributed by atoms with Gasteiger partial charge in [0, 0.05) is 22.7 Å². The van der Waals surface area contributed by atoms with Crippen LogP contribution in [0, 0.1) is 6.92 Å². The molecular formula is C14H12BrN2O3-. The van der Waals surface area contributed by atoms with Gasteiger partial charge in [-0.1, -0.05) is 28.1 Å². The minimum atomic E-state index is -1.32. The Balaban J connectivity index is 2.18. The second kappa shape index (κ2) is 6.00. The third kappa shape index (κ3) is 3.33. The van der Waals surface area contributed by atoms with Gasteiger partial charge in [0.2, 0.25) is 0 Å². The number of Topliss-reactive ketones (excluding diaryl/α,β-unsaturated/α-hetero) is 1. The van der Waals surface area contributed by atoms with Crippen LogP contribution in [0.4, 0.5) is 0 Å². The molecule has 0 fully saturated rings. The first kappa shape index (κ1) is 14.5. The number of nitrogens with zero attached hydrogens (tertiary/aromatic N) is 2. The second-order valence-corrected chi connectivity index (χ2v) is 5.32. The van der Waals surface area contributed by atoms with Gasteiger partial charge in [0.05, 0.1) is 17.7 Å². The lowest BCUT2D eigenvalue weighted by Crippen LogP contribution is -2.35. The number of carboxylic acids is 1. The molecule has 0 aliphatic heterocycles. The van der Waals surface area contributed by atoms with Crippen molar-refractivity contribution >= 4 is 27.7 Å². The van der Waals surface area contributed by atoms with Crippen molar-refractivity contribution in [2.75, 3.05) is 0 Å². The molecule has 1 aromatic heterocycles. The van der Waals surface area contributed by atoms with Crippen molar-refractivity contribution in [3.8, 4) is 0 Å². The number of carbonyl (C=O) groups is 2. The molecule has 1 atom stereocenters. The van der Waals surface area contributed by atoms with E-state index in [4.69, 9.17) is 0 Å². The van der Waals surface area contributed by atoms with Crippen molar-refractivity contribution in [3.05, 3.63) is 52.3 Å². The molecule has 0 aliphatic rings. The number of aromatic nitrogens is 2. The van der Waals surface area contributed by atoms with Gasteiger partial charge in [0.1, 0.15) is 0 Å². The Morgan fingerprint density at radius 3 is 2.45 bits per heavy atom. The standard InChI is InChI=1S/C14H13BrN2O3/c1-9-6-7-17(16-9)12(14(19)20)8-13(18)10-2-4-11(15)5-3-10/h2-7,12H,8H2,1H3,(H,19,20)/p-1/t12-/m1/s1. The average Bonchev–Trinajstić information content (AvgIpc) is 2.82. The third-order valence-corrected chi connectivity index (χ3v) is 3.41. The molecule has 5 nitrogen and oxygen atoms in total. The largest absolute Gasteiger partial charge is 0.548 e. The summed E-state index contributed by atoms with van der Waals surface area (Å²) in [7, 11) is 0. The highest BCUT2D eigenvalue weighted by Gasteiger charge is 2.18. The number of aliphatic carboxylic acids is 1. The molecule has 20 heavy (non-hydrogen) atoms. The Kier molecular flexibility index (Phi) is 4.34. The van der Waals surface area contributed by atoms with Crippen molar-refractivity contribution in [1.29, 1.82) is 0 Å². The van der Waals surface area contributed by atoms with E-state index in [9.17, 15) is 14.7 Å². The minimum Gasteiger partial charge on any atom is -0.548 e. The molecule has 0 bridgehead atoms. The minimum absolute atomic E-state index is 0.189. The lowest BCUT2D eigenvalue weighted by molar-refractivity contribution is -0.310. The van der Waals surface area contributed by atoms with Gasteiger partial charge in [-0.15, -0.1) is 0 Å². The van der Waals surface area contributed by atoms with E-state index < -0.39 is 12.0 Å². The zero-order valence-electron chi connectivity index (χ0n) is 10.7. The van der Waals surface area contributed by atoms with Gasteiger partial charge in [-0.2, -0.15) is 5.10 Å². The van der Waals surface area contributed by atoms with Crippen molar-refractivity contribution in [2.45, 2.75) is 19.4 Å². The van der Waals surface area contributed by atoms with E-state index >= 15 is 0 Å². The molecule has 2 rings (SSSR count). The highest BCUT2D eigenvalue weighted by molar-refractivity contribution is 9.10. The summed E-state index contributed by atoms with van der Waals surface area (Å²) in [5.74, 6) is -1.58. The summed E-state index contributed by atoms with van der Waals surface area (Å²) in [5.41, 5.74) is 1.15. The maximum atomic E-state index is 12.1. The Morgan fingerprint density at radius 1 is 1.30 bits per heavy atom. The van der Waals surface area contributed by atoms with Gasteiger partial charge < -0.3 is 9.90 Å². The van der Waals surface area contributed by atoms with Gasteiger partial charge in [0.15, 0.2) is 5.78 Å². The van der Waals surface area contributed by atoms with Crippen LogP contribution < -0.4 is 5.11 Å². The predicted molar refractivity (Wildman–Crippen MR) is 74.1 cm³/mol. The van der Waals surface area contributed by atoms with Gasteiger partial charge in [-0.3, -0.25) is 9.48 Å². The van der Waals surface area contributed by atoms with Crippen LogP contribution in [0.2, 0.25) is 0 Å².